The Kier molecular flexibility index (Phi) is 5.78. The van der Waals surface area contributed by atoms with Crippen LogP contribution >= 0.6 is 11.8 Å². The van der Waals surface area contributed by atoms with Gasteiger partial charge in [0.25, 0.3) is 0 Å². The molecule has 20 heavy (non-hydrogen) atoms. The lowest BCUT2D eigenvalue weighted by molar-refractivity contribution is -0.132. The summed E-state index contributed by atoms with van der Waals surface area (Å²) in [6.07, 6.45) is 6.68. The number of sulfone groups is 1. The number of hydrogen-bond donors (Lipinski definition) is 0. The molecule has 0 unspecified atom stereocenters. The van der Waals surface area contributed by atoms with Crippen LogP contribution in [0, 0.1) is 5.92 Å². The maximum Gasteiger partial charge on any atom is 0.222 e. The van der Waals surface area contributed by atoms with Crippen LogP contribution in [-0.2, 0) is 14.6 Å². The largest absolute Gasteiger partial charge is 0.341 e. The third kappa shape index (κ3) is 4.65. The molecule has 0 aliphatic carbocycles. The van der Waals surface area contributed by atoms with Gasteiger partial charge < -0.3 is 4.90 Å². The molecule has 2 aliphatic rings. The summed E-state index contributed by atoms with van der Waals surface area (Å²) in [5.41, 5.74) is 0. The molecule has 0 aromatic rings. The Labute approximate surface area is 126 Å². The van der Waals surface area contributed by atoms with E-state index < -0.39 is 9.84 Å². The van der Waals surface area contributed by atoms with Crippen molar-refractivity contribution >= 4 is 27.5 Å². The fourth-order valence-electron chi connectivity index (χ4n) is 3.01. The van der Waals surface area contributed by atoms with Gasteiger partial charge in [0.15, 0.2) is 9.84 Å². The normalized spacial score (nSPS) is 26.2. The first-order chi connectivity index (χ1) is 9.47. The molecule has 6 heteroatoms. The molecule has 1 amide bonds. The minimum absolute atomic E-state index is 0.164. The second kappa shape index (κ2) is 7.16. The van der Waals surface area contributed by atoms with Crippen molar-refractivity contribution in [2.24, 2.45) is 5.92 Å². The maximum atomic E-state index is 12.4. The smallest absolute Gasteiger partial charge is 0.222 e. The molecule has 2 fully saturated rings. The van der Waals surface area contributed by atoms with Crippen molar-refractivity contribution in [3.05, 3.63) is 0 Å². The lowest BCUT2D eigenvalue weighted by Gasteiger charge is -2.27. The molecule has 2 rings (SSSR count). The van der Waals surface area contributed by atoms with E-state index in [2.05, 4.69) is 0 Å². The number of rotatable bonds is 3. The second-order valence-electron chi connectivity index (χ2n) is 6.05. The Morgan fingerprint density at radius 2 is 1.90 bits per heavy atom. The van der Waals surface area contributed by atoms with Gasteiger partial charge in [-0.15, -0.1) is 0 Å². The predicted octanol–water partition coefficient (Wildman–Crippen LogP) is 1.95. The molecular formula is C14H25NO3S2. The standard InChI is InChI=1S/C14H25NO3S2/c1-20(17,18)13-4-2-3-7-15(11-13)14(16)10-12-5-8-19-9-6-12/h12-13H,2-11H2,1H3/t13-/m0/s1. The van der Waals surface area contributed by atoms with Crippen LogP contribution in [0.15, 0.2) is 0 Å². The molecule has 0 N–H and O–H groups in total. The molecule has 116 valence electrons. The average molecular weight is 319 g/mol. The van der Waals surface area contributed by atoms with Crippen molar-refractivity contribution in [2.45, 2.75) is 43.8 Å². The van der Waals surface area contributed by atoms with Crippen molar-refractivity contribution in [3.8, 4) is 0 Å². The molecule has 0 radical (unpaired) electrons. The number of thioether (sulfide) groups is 1. The summed E-state index contributed by atoms with van der Waals surface area (Å²) in [7, 11) is -3.05. The van der Waals surface area contributed by atoms with Crippen molar-refractivity contribution in [2.75, 3.05) is 30.9 Å². The lowest BCUT2D eigenvalue weighted by Crippen LogP contribution is -2.40. The van der Waals surface area contributed by atoms with E-state index in [-0.39, 0.29) is 11.2 Å². The zero-order chi connectivity index (χ0) is 14.6. The summed E-state index contributed by atoms with van der Waals surface area (Å²) in [6, 6.07) is 0. The van der Waals surface area contributed by atoms with E-state index in [0.717, 1.165) is 43.7 Å². The molecule has 4 nitrogen and oxygen atoms in total. The Balaban J connectivity index is 1.93. The summed E-state index contributed by atoms with van der Waals surface area (Å²) in [4.78, 5) is 14.2. The molecule has 0 aromatic carbocycles. The Hall–Kier alpha value is -0.230. The molecule has 0 bridgehead atoms. The van der Waals surface area contributed by atoms with Crippen LogP contribution in [0.1, 0.15) is 38.5 Å². The number of amides is 1. The van der Waals surface area contributed by atoms with E-state index in [4.69, 9.17) is 0 Å². The predicted molar refractivity (Wildman–Crippen MR) is 83.7 cm³/mol. The van der Waals surface area contributed by atoms with Crippen LogP contribution in [0.25, 0.3) is 0 Å². The topological polar surface area (TPSA) is 54.5 Å². The van der Waals surface area contributed by atoms with Crippen LogP contribution in [0.3, 0.4) is 0 Å². The van der Waals surface area contributed by atoms with Gasteiger partial charge in [0, 0.05) is 25.8 Å². The van der Waals surface area contributed by atoms with E-state index >= 15 is 0 Å². The first kappa shape index (κ1) is 16.1. The highest BCUT2D eigenvalue weighted by Crippen LogP contribution is 2.26. The molecule has 0 spiro atoms. The number of hydrogen-bond acceptors (Lipinski definition) is 4. The Morgan fingerprint density at radius 1 is 1.20 bits per heavy atom. The monoisotopic (exact) mass is 319 g/mol. The van der Waals surface area contributed by atoms with Gasteiger partial charge in [-0.2, -0.15) is 11.8 Å². The quantitative estimate of drug-likeness (QED) is 0.798. The second-order valence-corrected chi connectivity index (χ2v) is 9.60. The van der Waals surface area contributed by atoms with Gasteiger partial charge in [-0.3, -0.25) is 4.79 Å². The number of carbonyl (C=O) groups is 1. The van der Waals surface area contributed by atoms with Gasteiger partial charge in [-0.25, -0.2) is 8.42 Å². The van der Waals surface area contributed by atoms with E-state index in [0.29, 0.717) is 25.3 Å². The summed E-state index contributed by atoms with van der Waals surface area (Å²) in [5, 5.41) is -0.365. The minimum atomic E-state index is -3.05. The fourth-order valence-corrected chi connectivity index (χ4v) is 5.26. The fraction of sp³-hybridized carbons (Fsp3) is 0.929. The van der Waals surface area contributed by atoms with Gasteiger partial charge in [-0.1, -0.05) is 6.42 Å². The van der Waals surface area contributed by atoms with Crippen molar-refractivity contribution in [1.29, 1.82) is 0 Å². The molecular weight excluding hydrogens is 294 g/mol. The SMILES string of the molecule is CS(=O)(=O)[C@H]1CCCCN(C(=O)CC2CCSCC2)C1. The van der Waals surface area contributed by atoms with Crippen molar-refractivity contribution < 1.29 is 13.2 Å². The summed E-state index contributed by atoms with van der Waals surface area (Å²) in [6.45, 7) is 1.13. The maximum absolute atomic E-state index is 12.4. The first-order valence-corrected chi connectivity index (χ1v) is 10.6. The van der Waals surface area contributed by atoms with E-state index in [1.807, 2.05) is 11.8 Å². The van der Waals surface area contributed by atoms with Gasteiger partial charge in [-0.05, 0) is 43.1 Å². The highest BCUT2D eigenvalue weighted by atomic mass is 32.2. The molecule has 0 saturated carbocycles. The first-order valence-electron chi connectivity index (χ1n) is 7.51. The zero-order valence-electron chi connectivity index (χ0n) is 12.2. The Bertz CT molecular complexity index is 430. The molecule has 0 aromatic heterocycles. The third-order valence-electron chi connectivity index (χ3n) is 4.39. The van der Waals surface area contributed by atoms with Crippen LogP contribution in [-0.4, -0.2) is 55.3 Å². The van der Waals surface area contributed by atoms with Gasteiger partial charge in [0.1, 0.15) is 0 Å². The number of carbonyl (C=O) groups excluding carboxylic acids is 1. The summed E-state index contributed by atoms with van der Waals surface area (Å²) in [5.74, 6) is 2.98. The molecule has 2 heterocycles. The van der Waals surface area contributed by atoms with Crippen LogP contribution in [0.4, 0.5) is 0 Å². The van der Waals surface area contributed by atoms with Crippen LogP contribution < -0.4 is 0 Å². The molecule has 2 saturated heterocycles. The van der Waals surface area contributed by atoms with Gasteiger partial charge in [0.05, 0.1) is 5.25 Å². The molecule has 2 aliphatic heterocycles. The summed E-state index contributed by atoms with van der Waals surface area (Å²) >= 11 is 1.96. The van der Waals surface area contributed by atoms with E-state index in [9.17, 15) is 13.2 Å². The third-order valence-corrected chi connectivity index (χ3v) is 7.04. The van der Waals surface area contributed by atoms with Crippen LogP contribution in [0.2, 0.25) is 0 Å². The van der Waals surface area contributed by atoms with E-state index in [1.54, 1.807) is 4.90 Å². The number of nitrogens with zero attached hydrogens (tertiary/aromatic N) is 1. The highest BCUT2D eigenvalue weighted by molar-refractivity contribution is 7.99. The van der Waals surface area contributed by atoms with Gasteiger partial charge >= 0.3 is 0 Å². The van der Waals surface area contributed by atoms with Crippen molar-refractivity contribution in [1.82, 2.24) is 4.90 Å². The summed E-state index contributed by atoms with van der Waals surface area (Å²) < 4.78 is 23.5. The van der Waals surface area contributed by atoms with Gasteiger partial charge in [0.2, 0.25) is 5.91 Å². The zero-order valence-corrected chi connectivity index (χ0v) is 13.8. The minimum Gasteiger partial charge on any atom is -0.341 e. The number of likely N-dealkylation sites (tertiary alicyclic amines) is 1. The lowest BCUT2D eigenvalue weighted by atomic mass is 9.98. The van der Waals surface area contributed by atoms with E-state index in [1.165, 1.54) is 6.26 Å². The Morgan fingerprint density at radius 3 is 2.55 bits per heavy atom. The van der Waals surface area contributed by atoms with Crippen LogP contribution in [0.5, 0.6) is 0 Å². The average Bonchev–Trinajstić information content (AvgIpc) is 2.65. The molecule has 1 atom stereocenters. The highest BCUT2D eigenvalue weighted by Gasteiger charge is 2.29. The van der Waals surface area contributed by atoms with Crippen molar-refractivity contribution in [3.63, 3.8) is 0 Å².